The summed E-state index contributed by atoms with van der Waals surface area (Å²) in [5.74, 6) is 2.08. The van der Waals surface area contributed by atoms with Gasteiger partial charge in [0.05, 0.1) is 6.33 Å². The molecule has 4 heterocycles. The maximum atomic E-state index is 12.7. The molecule has 166 valence electrons. The second kappa shape index (κ2) is 9.13. The largest absolute Gasteiger partial charge is 0.353 e. The van der Waals surface area contributed by atoms with Crippen LogP contribution in [0.4, 0.5) is 17.5 Å². The minimum atomic E-state index is -0.173. The van der Waals surface area contributed by atoms with Crippen LogP contribution >= 0.6 is 0 Å². The minimum Gasteiger partial charge on any atom is -0.353 e. The van der Waals surface area contributed by atoms with Crippen LogP contribution in [-0.2, 0) is 11.3 Å². The van der Waals surface area contributed by atoms with E-state index >= 15 is 0 Å². The van der Waals surface area contributed by atoms with Gasteiger partial charge in [0.15, 0.2) is 0 Å². The zero-order valence-corrected chi connectivity index (χ0v) is 18.4. The number of hydrogen-bond acceptors (Lipinski definition) is 8. The molecule has 3 aromatic rings. The molecular weight excluding hydrogens is 408 g/mol. The van der Waals surface area contributed by atoms with Crippen molar-refractivity contribution in [1.29, 1.82) is 0 Å². The predicted octanol–water partition coefficient (Wildman–Crippen LogP) is 1.45. The van der Waals surface area contributed by atoms with Gasteiger partial charge in [0.25, 0.3) is 5.56 Å². The van der Waals surface area contributed by atoms with Crippen LogP contribution in [-0.4, -0.2) is 61.5 Å². The van der Waals surface area contributed by atoms with E-state index in [1.54, 1.807) is 24.9 Å². The summed E-state index contributed by atoms with van der Waals surface area (Å²) in [6.45, 7) is 7.91. The number of hydrogen-bond donors (Lipinski definition) is 1. The lowest BCUT2D eigenvalue weighted by Gasteiger charge is -2.35. The first kappa shape index (κ1) is 21.4. The van der Waals surface area contributed by atoms with Crippen molar-refractivity contribution in [2.75, 3.05) is 36.4 Å². The van der Waals surface area contributed by atoms with Crippen LogP contribution < -0.4 is 15.8 Å². The molecule has 0 unspecified atom stereocenters. The van der Waals surface area contributed by atoms with Crippen molar-refractivity contribution in [2.24, 2.45) is 0 Å². The molecule has 0 saturated carbocycles. The van der Waals surface area contributed by atoms with E-state index < -0.39 is 0 Å². The highest BCUT2D eigenvalue weighted by Gasteiger charge is 2.23. The summed E-state index contributed by atoms with van der Waals surface area (Å²) in [5, 5.41) is 3.20. The number of nitrogens with zero attached hydrogens (tertiary/aromatic N) is 7. The molecule has 32 heavy (non-hydrogen) atoms. The van der Waals surface area contributed by atoms with Crippen molar-refractivity contribution in [3.05, 3.63) is 64.2 Å². The summed E-state index contributed by atoms with van der Waals surface area (Å²) in [6, 6.07) is 5.76. The Balaban J connectivity index is 1.37. The number of aryl methyl sites for hydroxylation is 2. The fraction of sp³-hybridized carbons (Fsp3) is 0.364. The first-order chi connectivity index (χ1) is 15.4. The van der Waals surface area contributed by atoms with E-state index in [4.69, 9.17) is 0 Å². The van der Waals surface area contributed by atoms with Gasteiger partial charge in [0.1, 0.15) is 30.3 Å². The van der Waals surface area contributed by atoms with E-state index in [1.165, 1.54) is 17.2 Å². The smallest absolute Gasteiger partial charge is 0.256 e. The third-order valence-electron chi connectivity index (χ3n) is 5.60. The Hall–Kier alpha value is -3.82. The molecule has 1 amide bonds. The number of aromatic nitrogens is 5. The van der Waals surface area contributed by atoms with E-state index in [9.17, 15) is 9.59 Å². The summed E-state index contributed by atoms with van der Waals surface area (Å²) in [7, 11) is 0. The van der Waals surface area contributed by atoms with Crippen molar-refractivity contribution >= 4 is 23.4 Å². The summed E-state index contributed by atoms with van der Waals surface area (Å²) >= 11 is 0. The highest BCUT2D eigenvalue weighted by atomic mass is 16.2. The van der Waals surface area contributed by atoms with E-state index in [1.807, 2.05) is 25.1 Å². The minimum absolute atomic E-state index is 0.00196. The predicted molar refractivity (Wildman–Crippen MR) is 121 cm³/mol. The molecule has 0 aliphatic carbocycles. The van der Waals surface area contributed by atoms with Gasteiger partial charge in [0.2, 0.25) is 5.91 Å². The average molecular weight is 435 g/mol. The van der Waals surface area contributed by atoms with Crippen LogP contribution in [0.25, 0.3) is 0 Å². The number of amides is 1. The molecule has 0 bridgehead atoms. The molecule has 0 atom stereocenters. The van der Waals surface area contributed by atoms with Gasteiger partial charge >= 0.3 is 0 Å². The van der Waals surface area contributed by atoms with Crippen LogP contribution in [0, 0.1) is 20.8 Å². The Bertz CT molecular complexity index is 1180. The van der Waals surface area contributed by atoms with Gasteiger partial charge in [-0.3, -0.25) is 14.2 Å². The van der Waals surface area contributed by atoms with Crippen LogP contribution in [0.3, 0.4) is 0 Å². The van der Waals surface area contributed by atoms with Crippen LogP contribution in [0.5, 0.6) is 0 Å². The number of carbonyl (C=O) groups is 1. The highest BCUT2D eigenvalue weighted by molar-refractivity contribution is 5.76. The molecular formula is C22H26N8O2. The third kappa shape index (κ3) is 4.74. The lowest BCUT2D eigenvalue weighted by Crippen LogP contribution is -2.50. The molecule has 1 aliphatic rings. The van der Waals surface area contributed by atoms with Crippen LogP contribution in [0.2, 0.25) is 0 Å². The van der Waals surface area contributed by atoms with E-state index in [2.05, 4.69) is 30.2 Å². The van der Waals surface area contributed by atoms with Crippen molar-refractivity contribution in [1.82, 2.24) is 29.4 Å². The maximum absolute atomic E-state index is 12.7. The quantitative estimate of drug-likeness (QED) is 0.643. The zero-order chi connectivity index (χ0) is 22.7. The molecule has 10 heteroatoms. The summed E-state index contributed by atoms with van der Waals surface area (Å²) in [6.07, 6.45) is 4.71. The molecule has 1 fully saturated rings. The van der Waals surface area contributed by atoms with E-state index in [0.29, 0.717) is 43.3 Å². The molecule has 0 aromatic carbocycles. The molecule has 10 nitrogen and oxygen atoms in total. The highest BCUT2D eigenvalue weighted by Crippen LogP contribution is 2.19. The monoisotopic (exact) mass is 434 g/mol. The Labute approximate surface area is 186 Å². The molecule has 0 spiro atoms. The van der Waals surface area contributed by atoms with Gasteiger partial charge in [-0.2, -0.15) is 0 Å². The number of nitrogens with one attached hydrogen (secondary N) is 1. The molecule has 0 radical (unpaired) electrons. The number of carbonyl (C=O) groups excluding carboxylic acids is 1. The van der Waals surface area contributed by atoms with Gasteiger partial charge < -0.3 is 15.1 Å². The first-order valence-electron chi connectivity index (χ1n) is 10.5. The van der Waals surface area contributed by atoms with Gasteiger partial charge in [-0.05, 0) is 38.5 Å². The van der Waals surface area contributed by atoms with Crippen LogP contribution in [0.1, 0.15) is 16.8 Å². The van der Waals surface area contributed by atoms with Crippen molar-refractivity contribution in [3.8, 4) is 0 Å². The lowest BCUT2D eigenvalue weighted by atomic mass is 10.2. The fourth-order valence-electron chi connectivity index (χ4n) is 3.54. The molecule has 1 aliphatic heterocycles. The number of piperazine rings is 1. The zero-order valence-electron chi connectivity index (χ0n) is 18.4. The van der Waals surface area contributed by atoms with Crippen molar-refractivity contribution in [2.45, 2.75) is 27.3 Å². The SMILES string of the molecule is Cc1ccnc(Nc2cc(N3CCN(C(=O)Cn4cnc(C)c(C)c4=O)CC3)ncn2)c1. The second-order valence-corrected chi connectivity index (χ2v) is 7.86. The first-order valence-corrected chi connectivity index (χ1v) is 10.5. The van der Waals surface area contributed by atoms with Gasteiger partial charge in [-0.1, -0.05) is 0 Å². The molecule has 3 aromatic heterocycles. The van der Waals surface area contributed by atoms with Gasteiger partial charge in [0, 0.05) is 49.7 Å². The fourth-order valence-corrected chi connectivity index (χ4v) is 3.54. The lowest BCUT2D eigenvalue weighted by molar-refractivity contribution is -0.132. The standard InChI is InChI=1S/C22H26N8O2/c1-15-4-5-23-18(10-15)27-19-11-20(25-13-24-19)28-6-8-29(9-7-28)21(31)12-30-14-26-17(3)16(2)22(30)32/h4-5,10-11,13-14H,6-9,12H2,1-3H3,(H,23,24,25,27). The maximum Gasteiger partial charge on any atom is 0.256 e. The Kier molecular flexibility index (Phi) is 6.11. The molecule has 1 N–H and O–H groups in total. The van der Waals surface area contributed by atoms with Crippen molar-refractivity contribution in [3.63, 3.8) is 0 Å². The molecule has 4 rings (SSSR count). The normalized spacial score (nSPS) is 13.8. The van der Waals surface area contributed by atoms with E-state index in [0.717, 1.165) is 17.2 Å². The second-order valence-electron chi connectivity index (χ2n) is 7.86. The summed E-state index contributed by atoms with van der Waals surface area (Å²) in [5.41, 5.74) is 2.19. The Morgan fingerprint density at radius 3 is 2.50 bits per heavy atom. The van der Waals surface area contributed by atoms with Crippen LogP contribution in [0.15, 0.2) is 41.8 Å². The third-order valence-corrected chi connectivity index (χ3v) is 5.60. The van der Waals surface area contributed by atoms with E-state index in [-0.39, 0.29) is 18.0 Å². The summed E-state index contributed by atoms with van der Waals surface area (Å²) < 4.78 is 1.37. The van der Waals surface area contributed by atoms with Gasteiger partial charge in [-0.25, -0.2) is 19.9 Å². The Morgan fingerprint density at radius 1 is 1.00 bits per heavy atom. The number of pyridine rings is 1. The van der Waals surface area contributed by atoms with Gasteiger partial charge in [-0.15, -0.1) is 0 Å². The topological polar surface area (TPSA) is 109 Å². The van der Waals surface area contributed by atoms with Crippen molar-refractivity contribution < 1.29 is 4.79 Å². The average Bonchev–Trinajstić information content (AvgIpc) is 2.80. The summed E-state index contributed by atoms with van der Waals surface area (Å²) in [4.78, 5) is 46.1. The number of rotatable bonds is 5. The number of anilines is 3. The molecule has 1 saturated heterocycles. The Morgan fingerprint density at radius 2 is 1.75 bits per heavy atom.